The van der Waals surface area contributed by atoms with Gasteiger partial charge in [-0.25, -0.2) is 4.79 Å². The van der Waals surface area contributed by atoms with E-state index in [0.717, 1.165) is 12.8 Å². The van der Waals surface area contributed by atoms with Crippen molar-refractivity contribution in [2.75, 3.05) is 0 Å². The van der Waals surface area contributed by atoms with Crippen LogP contribution in [0, 0.1) is 0 Å². The third kappa shape index (κ3) is 22.9. The Morgan fingerprint density at radius 3 is 1.52 bits per heavy atom. The first kappa shape index (κ1) is 23.7. The van der Waals surface area contributed by atoms with E-state index in [2.05, 4.69) is 6.92 Å². The van der Waals surface area contributed by atoms with Gasteiger partial charge in [0.2, 0.25) is 0 Å². The molecule has 2 nitrogen and oxygen atoms in total. The molecule has 0 radical (unpaired) electrons. The third-order valence-electron chi connectivity index (χ3n) is 3.73. The van der Waals surface area contributed by atoms with E-state index in [4.69, 9.17) is 5.11 Å². The molecule has 0 aliphatic carbocycles. The Hall–Kier alpha value is 0.470. The average Bonchev–Trinajstić information content (AvgIpc) is 2.43. The zero-order valence-corrected chi connectivity index (χ0v) is 13.4. The molecule has 0 rings (SSSR count). The van der Waals surface area contributed by atoms with E-state index >= 15 is 0 Å². The number of carboxylic acid groups (broad SMARTS) is 1. The zero-order chi connectivity index (χ0) is 14.9. The molecule has 0 aromatic rings. The molecular formula is C18H36CaO2. The summed E-state index contributed by atoms with van der Waals surface area (Å²) in [6.45, 7) is 2.27. The molecule has 0 heterocycles. The van der Waals surface area contributed by atoms with E-state index in [1.54, 1.807) is 6.08 Å². The van der Waals surface area contributed by atoms with Crippen LogP contribution in [0.1, 0.15) is 96.8 Å². The maximum absolute atomic E-state index is 10.2. The minimum atomic E-state index is -0.834. The molecule has 0 spiro atoms. The fourth-order valence-corrected chi connectivity index (χ4v) is 2.46. The van der Waals surface area contributed by atoms with Crippen LogP contribution >= 0.6 is 0 Å². The van der Waals surface area contributed by atoms with Gasteiger partial charge in [0.05, 0.1) is 0 Å². The van der Waals surface area contributed by atoms with Crippen LogP contribution in [-0.2, 0) is 4.79 Å². The summed E-state index contributed by atoms with van der Waals surface area (Å²) in [5.41, 5.74) is 0. The topological polar surface area (TPSA) is 37.3 Å². The van der Waals surface area contributed by atoms with Crippen LogP contribution in [0.15, 0.2) is 12.2 Å². The summed E-state index contributed by atoms with van der Waals surface area (Å²) < 4.78 is 0. The molecule has 0 amide bonds. The number of aliphatic carboxylic acids is 1. The maximum atomic E-state index is 10.2. The molecule has 0 fully saturated rings. The second-order valence-corrected chi connectivity index (χ2v) is 5.77. The first-order chi connectivity index (χ1) is 9.77. The van der Waals surface area contributed by atoms with Crippen molar-refractivity contribution in [3.05, 3.63) is 12.2 Å². The molecule has 0 aromatic carbocycles. The number of carbonyl (C=O) groups is 1. The number of carboxylic acids is 1. The van der Waals surface area contributed by atoms with Crippen LogP contribution in [0.25, 0.3) is 0 Å². The van der Waals surface area contributed by atoms with Crippen molar-refractivity contribution in [1.29, 1.82) is 0 Å². The van der Waals surface area contributed by atoms with Crippen molar-refractivity contribution in [3.63, 3.8) is 0 Å². The number of hydrogen-bond acceptors (Lipinski definition) is 1. The van der Waals surface area contributed by atoms with E-state index in [0.29, 0.717) is 0 Å². The van der Waals surface area contributed by atoms with Gasteiger partial charge in [-0.1, -0.05) is 90.0 Å². The molecule has 0 saturated carbocycles. The van der Waals surface area contributed by atoms with E-state index < -0.39 is 5.97 Å². The summed E-state index contributed by atoms with van der Waals surface area (Å²) in [5.74, 6) is -0.834. The standard InChI is InChI=1S/C18H34O2.Ca.2H/c1-2-3-4-5-6-7-8-9-10-11-12-13-14-15-16-17-18(19)20;;;/h16-17H,2-15H2,1H3,(H,19,20);;;. The number of allylic oxidation sites excluding steroid dienone is 1. The second-order valence-electron chi connectivity index (χ2n) is 5.77. The van der Waals surface area contributed by atoms with E-state index in [-0.39, 0.29) is 37.7 Å². The quantitative estimate of drug-likeness (QED) is 0.256. The molecule has 3 heteroatoms. The van der Waals surface area contributed by atoms with Gasteiger partial charge in [0.15, 0.2) is 0 Å². The van der Waals surface area contributed by atoms with Crippen LogP contribution in [0.4, 0.5) is 0 Å². The molecule has 21 heavy (non-hydrogen) atoms. The Bertz CT molecular complexity index is 239. The first-order valence-corrected chi connectivity index (χ1v) is 8.67. The van der Waals surface area contributed by atoms with Gasteiger partial charge in [0.1, 0.15) is 0 Å². The van der Waals surface area contributed by atoms with E-state index in [1.807, 2.05) is 0 Å². The molecule has 0 aliphatic rings. The predicted octanol–water partition coefficient (Wildman–Crippen LogP) is 5.19. The number of hydrogen-bond donors (Lipinski definition) is 1. The second kappa shape index (κ2) is 20.5. The van der Waals surface area contributed by atoms with Crippen LogP contribution in [-0.4, -0.2) is 48.8 Å². The Balaban J connectivity index is 0. The summed E-state index contributed by atoms with van der Waals surface area (Å²) in [6.07, 6.45) is 21.6. The minimum absolute atomic E-state index is 0. The van der Waals surface area contributed by atoms with Crippen molar-refractivity contribution in [2.45, 2.75) is 96.8 Å². The fraction of sp³-hybridized carbons (Fsp3) is 0.833. The van der Waals surface area contributed by atoms with Gasteiger partial charge < -0.3 is 5.11 Å². The Kier molecular flexibility index (Phi) is 23.1. The molecule has 1 N–H and O–H groups in total. The third-order valence-corrected chi connectivity index (χ3v) is 3.73. The van der Waals surface area contributed by atoms with Crippen LogP contribution in [0.5, 0.6) is 0 Å². The molecule has 0 atom stereocenters. The summed E-state index contributed by atoms with van der Waals surface area (Å²) in [6, 6.07) is 0. The van der Waals surface area contributed by atoms with E-state index in [9.17, 15) is 4.79 Å². The van der Waals surface area contributed by atoms with Gasteiger partial charge in [-0.3, -0.25) is 0 Å². The van der Waals surface area contributed by atoms with Crippen LogP contribution in [0.2, 0.25) is 0 Å². The van der Waals surface area contributed by atoms with Crippen molar-refractivity contribution >= 4 is 43.7 Å². The van der Waals surface area contributed by atoms with Crippen molar-refractivity contribution < 1.29 is 9.90 Å². The molecular weight excluding hydrogens is 288 g/mol. The van der Waals surface area contributed by atoms with E-state index in [1.165, 1.54) is 83.1 Å². The molecule has 0 bridgehead atoms. The Morgan fingerprint density at radius 1 is 0.762 bits per heavy atom. The molecule has 122 valence electrons. The summed E-state index contributed by atoms with van der Waals surface area (Å²) >= 11 is 0. The molecule has 0 unspecified atom stereocenters. The number of rotatable bonds is 15. The van der Waals surface area contributed by atoms with Crippen molar-refractivity contribution in [1.82, 2.24) is 0 Å². The van der Waals surface area contributed by atoms with Crippen LogP contribution < -0.4 is 0 Å². The van der Waals surface area contributed by atoms with Gasteiger partial charge in [-0.05, 0) is 12.8 Å². The van der Waals surface area contributed by atoms with Gasteiger partial charge in [0.25, 0.3) is 0 Å². The van der Waals surface area contributed by atoms with Gasteiger partial charge in [0, 0.05) is 6.08 Å². The van der Waals surface area contributed by atoms with Crippen LogP contribution in [0.3, 0.4) is 0 Å². The predicted molar refractivity (Wildman–Crippen MR) is 95.6 cm³/mol. The van der Waals surface area contributed by atoms with Gasteiger partial charge >= 0.3 is 43.7 Å². The molecule has 0 aliphatic heterocycles. The normalized spacial score (nSPS) is 10.7. The number of unbranched alkanes of at least 4 members (excludes halogenated alkanes) is 13. The zero-order valence-electron chi connectivity index (χ0n) is 13.4. The fourth-order valence-electron chi connectivity index (χ4n) is 2.46. The summed E-state index contributed by atoms with van der Waals surface area (Å²) in [7, 11) is 0. The Labute approximate surface area is 161 Å². The summed E-state index contributed by atoms with van der Waals surface area (Å²) in [4.78, 5) is 10.2. The van der Waals surface area contributed by atoms with Gasteiger partial charge in [-0.2, -0.15) is 0 Å². The monoisotopic (exact) mass is 324 g/mol. The van der Waals surface area contributed by atoms with Crippen molar-refractivity contribution in [2.24, 2.45) is 0 Å². The molecule has 0 saturated heterocycles. The summed E-state index contributed by atoms with van der Waals surface area (Å²) in [5, 5.41) is 8.43. The molecule has 0 aromatic heterocycles. The SMILES string of the molecule is CCCCCCCCCCCCCCCC=CC(=O)O.[CaH2]. The first-order valence-electron chi connectivity index (χ1n) is 8.67. The van der Waals surface area contributed by atoms with Crippen molar-refractivity contribution in [3.8, 4) is 0 Å². The Morgan fingerprint density at radius 2 is 1.14 bits per heavy atom. The van der Waals surface area contributed by atoms with Gasteiger partial charge in [-0.15, -0.1) is 0 Å². The average molecular weight is 325 g/mol.